The van der Waals surface area contributed by atoms with Gasteiger partial charge in [-0.15, -0.1) is 0 Å². The number of hydrogen-bond donors (Lipinski definition) is 2. The smallest absolute Gasteiger partial charge is 0.229 e. The van der Waals surface area contributed by atoms with Crippen molar-refractivity contribution in [3.05, 3.63) is 24.3 Å². The summed E-state index contributed by atoms with van der Waals surface area (Å²) in [5, 5.41) is 2.77. The van der Waals surface area contributed by atoms with E-state index in [4.69, 9.17) is 0 Å². The largest absolute Gasteiger partial charge is 0.326 e. The average Bonchev–Trinajstić information content (AvgIpc) is 2.15. The van der Waals surface area contributed by atoms with E-state index in [1.165, 1.54) is 0 Å². The first-order chi connectivity index (χ1) is 8.55. The third-order valence-corrected chi connectivity index (χ3v) is 2.77. The minimum atomic E-state index is -3.27. The maximum absolute atomic E-state index is 11.7. The molecule has 5 nitrogen and oxygen atoms in total. The van der Waals surface area contributed by atoms with Crippen molar-refractivity contribution >= 4 is 27.3 Å². The molecule has 0 spiro atoms. The topological polar surface area (TPSA) is 75.3 Å². The molecule has 0 unspecified atom stereocenters. The summed E-state index contributed by atoms with van der Waals surface area (Å²) in [5.41, 5.74) is 1.05. The maximum Gasteiger partial charge on any atom is 0.229 e. The summed E-state index contributed by atoms with van der Waals surface area (Å²) < 4.78 is 24.4. The second kappa shape index (κ2) is 5.61. The number of hydrogen-bond acceptors (Lipinski definition) is 3. The number of nitrogens with one attached hydrogen (secondary N) is 2. The minimum Gasteiger partial charge on any atom is -0.326 e. The van der Waals surface area contributed by atoms with Crippen LogP contribution >= 0.6 is 0 Å². The molecule has 1 aromatic carbocycles. The predicted octanol–water partition coefficient (Wildman–Crippen LogP) is 2.43. The fraction of sp³-hybridized carbons (Fsp3) is 0.462. The van der Waals surface area contributed by atoms with Crippen LogP contribution in [0.2, 0.25) is 0 Å². The summed E-state index contributed by atoms with van der Waals surface area (Å²) in [7, 11) is -3.27. The van der Waals surface area contributed by atoms with E-state index in [1.54, 1.807) is 24.3 Å². The first kappa shape index (κ1) is 15.5. The Bertz CT molecular complexity index is 542. The van der Waals surface area contributed by atoms with E-state index < -0.39 is 10.0 Å². The SMILES string of the molecule is CC(C)(C)CC(=O)Nc1ccc(NS(C)(=O)=O)cc1. The van der Waals surface area contributed by atoms with Gasteiger partial charge in [-0.05, 0) is 29.7 Å². The molecule has 0 aliphatic carbocycles. The molecule has 0 aliphatic heterocycles. The van der Waals surface area contributed by atoms with E-state index in [2.05, 4.69) is 10.0 Å². The number of sulfonamides is 1. The van der Waals surface area contributed by atoms with Crippen LogP contribution in [0.1, 0.15) is 27.2 Å². The fourth-order valence-corrected chi connectivity index (χ4v) is 2.09. The highest BCUT2D eigenvalue weighted by Crippen LogP contribution is 2.20. The van der Waals surface area contributed by atoms with Crippen LogP contribution in [0.15, 0.2) is 24.3 Å². The Morgan fingerprint density at radius 3 is 2.00 bits per heavy atom. The van der Waals surface area contributed by atoms with E-state index >= 15 is 0 Å². The molecule has 0 heterocycles. The zero-order chi connectivity index (χ0) is 14.7. The van der Waals surface area contributed by atoms with Crippen molar-refractivity contribution < 1.29 is 13.2 Å². The van der Waals surface area contributed by atoms with Crippen molar-refractivity contribution in [2.24, 2.45) is 5.41 Å². The Kier molecular flexibility index (Phi) is 4.57. The lowest BCUT2D eigenvalue weighted by atomic mass is 9.92. The number of rotatable bonds is 4. The summed E-state index contributed by atoms with van der Waals surface area (Å²) in [5.74, 6) is -0.0590. The lowest BCUT2D eigenvalue weighted by Gasteiger charge is -2.17. The Morgan fingerprint density at radius 1 is 1.11 bits per heavy atom. The Morgan fingerprint density at radius 2 is 1.58 bits per heavy atom. The third kappa shape index (κ3) is 6.81. The van der Waals surface area contributed by atoms with Crippen molar-refractivity contribution in [2.75, 3.05) is 16.3 Å². The number of anilines is 2. The molecule has 0 bridgehead atoms. The van der Waals surface area contributed by atoms with Gasteiger partial charge in [-0.25, -0.2) is 8.42 Å². The molecule has 19 heavy (non-hydrogen) atoms. The van der Waals surface area contributed by atoms with Gasteiger partial charge in [0.1, 0.15) is 0 Å². The summed E-state index contributed by atoms with van der Waals surface area (Å²) in [4.78, 5) is 11.7. The highest BCUT2D eigenvalue weighted by Gasteiger charge is 2.15. The van der Waals surface area contributed by atoms with Crippen LogP contribution in [-0.4, -0.2) is 20.6 Å². The molecule has 0 saturated carbocycles. The van der Waals surface area contributed by atoms with Gasteiger partial charge in [-0.3, -0.25) is 9.52 Å². The van der Waals surface area contributed by atoms with Gasteiger partial charge in [0.2, 0.25) is 15.9 Å². The van der Waals surface area contributed by atoms with Gasteiger partial charge in [0.05, 0.1) is 6.26 Å². The van der Waals surface area contributed by atoms with Crippen LogP contribution in [0.3, 0.4) is 0 Å². The Hall–Kier alpha value is -1.56. The van der Waals surface area contributed by atoms with Gasteiger partial charge in [0.15, 0.2) is 0 Å². The summed E-state index contributed by atoms with van der Waals surface area (Å²) in [6, 6.07) is 6.53. The minimum absolute atomic E-state index is 0.0590. The van der Waals surface area contributed by atoms with Gasteiger partial charge < -0.3 is 5.32 Å². The van der Waals surface area contributed by atoms with Crippen LogP contribution in [0, 0.1) is 5.41 Å². The Labute approximate surface area is 114 Å². The maximum atomic E-state index is 11.7. The van der Waals surface area contributed by atoms with Crippen LogP contribution in [0.25, 0.3) is 0 Å². The number of amides is 1. The van der Waals surface area contributed by atoms with Crippen LogP contribution in [-0.2, 0) is 14.8 Å². The molecule has 0 aromatic heterocycles. The lowest BCUT2D eigenvalue weighted by Crippen LogP contribution is -2.19. The molecule has 0 aliphatic rings. The number of carbonyl (C=O) groups excluding carboxylic acids is 1. The van der Waals surface area contributed by atoms with Crippen molar-refractivity contribution in [3.8, 4) is 0 Å². The van der Waals surface area contributed by atoms with Crippen molar-refractivity contribution in [3.63, 3.8) is 0 Å². The van der Waals surface area contributed by atoms with E-state index in [9.17, 15) is 13.2 Å². The molecule has 1 aromatic rings. The quantitative estimate of drug-likeness (QED) is 0.891. The van der Waals surface area contributed by atoms with E-state index in [0.717, 1.165) is 6.26 Å². The third-order valence-electron chi connectivity index (χ3n) is 2.16. The molecular weight excluding hydrogens is 264 g/mol. The van der Waals surface area contributed by atoms with E-state index in [1.807, 2.05) is 20.8 Å². The van der Waals surface area contributed by atoms with Crippen molar-refractivity contribution in [2.45, 2.75) is 27.2 Å². The highest BCUT2D eigenvalue weighted by molar-refractivity contribution is 7.92. The van der Waals surface area contributed by atoms with Gasteiger partial charge in [0.25, 0.3) is 0 Å². The van der Waals surface area contributed by atoms with E-state index in [-0.39, 0.29) is 11.3 Å². The molecule has 106 valence electrons. The molecule has 1 amide bonds. The molecule has 0 atom stereocenters. The van der Waals surface area contributed by atoms with Crippen LogP contribution in [0.5, 0.6) is 0 Å². The van der Waals surface area contributed by atoms with Gasteiger partial charge >= 0.3 is 0 Å². The molecule has 6 heteroatoms. The zero-order valence-corrected chi connectivity index (χ0v) is 12.5. The average molecular weight is 284 g/mol. The van der Waals surface area contributed by atoms with Crippen LogP contribution < -0.4 is 10.0 Å². The first-order valence-electron chi connectivity index (χ1n) is 5.93. The van der Waals surface area contributed by atoms with Crippen LogP contribution in [0.4, 0.5) is 11.4 Å². The fourth-order valence-electron chi connectivity index (χ4n) is 1.52. The molecule has 0 fully saturated rings. The van der Waals surface area contributed by atoms with Gasteiger partial charge in [-0.2, -0.15) is 0 Å². The summed E-state index contributed by atoms with van der Waals surface area (Å²) >= 11 is 0. The first-order valence-corrected chi connectivity index (χ1v) is 7.82. The lowest BCUT2D eigenvalue weighted by molar-refractivity contribution is -0.117. The van der Waals surface area contributed by atoms with E-state index in [0.29, 0.717) is 17.8 Å². The zero-order valence-electron chi connectivity index (χ0n) is 11.6. The second-order valence-electron chi connectivity index (χ2n) is 5.74. The molecule has 0 radical (unpaired) electrons. The van der Waals surface area contributed by atoms with Gasteiger partial charge in [0, 0.05) is 17.8 Å². The van der Waals surface area contributed by atoms with Crippen molar-refractivity contribution in [1.29, 1.82) is 0 Å². The van der Waals surface area contributed by atoms with Gasteiger partial charge in [-0.1, -0.05) is 20.8 Å². The molecular formula is C13H20N2O3S. The normalized spacial score (nSPS) is 12.0. The highest BCUT2D eigenvalue weighted by atomic mass is 32.2. The molecule has 1 rings (SSSR count). The number of carbonyl (C=O) groups is 1. The molecule has 0 saturated heterocycles. The predicted molar refractivity (Wildman–Crippen MR) is 77.6 cm³/mol. The monoisotopic (exact) mass is 284 g/mol. The molecule has 2 N–H and O–H groups in total. The standard InChI is InChI=1S/C13H20N2O3S/c1-13(2,3)9-12(16)14-10-5-7-11(8-6-10)15-19(4,17)18/h5-8,15H,9H2,1-4H3,(H,14,16). The number of benzene rings is 1. The van der Waals surface area contributed by atoms with Crippen molar-refractivity contribution in [1.82, 2.24) is 0 Å². The summed E-state index contributed by atoms with van der Waals surface area (Å²) in [6.45, 7) is 5.98. The summed E-state index contributed by atoms with van der Waals surface area (Å²) in [6.07, 6.45) is 1.52. The second-order valence-corrected chi connectivity index (χ2v) is 7.49. The Balaban J connectivity index is 2.65.